The molecule has 0 saturated heterocycles. The third-order valence-electron chi connectivity index (χ3n) is 1.85. The van der Waals surface area contributed by atoms with E-state index in [0.717, 1.165) is 5.56 Å². The Kier molecular flexibility index (Phi) is 3.41. The van der Waals surface area contributed by atoms with Crippen molar-refractivity contribution in [2.24, 2.45) is 5.73 Å². The molecule has 14 heavy (non-hydrogen) atoms. The maximum absolute atomic E-state index is 10.9. The summed E-state index contributed by atoms with van der Waals surface area (Å²) < 4.78 is 4.51. The molecule has 0 fully saturated rings. The zero-order valence-corrected chi connectivity index (χ0v) is 7.93. The number of carbonyl (C=O) groups is 1. The molecule has 0 radical (unpaired) electrons. The summed E-state index contributed by atoms with van der Waals surface area (Å²) in [6, 6.07) is 2.98. The molecular weight excluding hydrogens is 182 g/mol. The summed E-state index contributed by atoms with van der Waals surface area (Å²) in [5, 5.41) is 0. The lowest BCUT2D eigenvalue weighted by Gasteiger charge is -2.10. The van der Waals surface area contributed by atoms with Gasteiger partial charge in [0, 0.05) is 12.2 Å². The zero-order valence-electron chi connectivity index (χ0n) is 7.93. The number of methoxy groups -OCH3 is 1. The molecule has 76 valence electrons. The van der Waals surface area contributed by atoms with Crippen LogP contribution in [-0.4, -0.2) is 18.1 Å². The molecule has 0 saturated carbocycles. The van der Waals surface area contributed by atoms with Crippen LogP contribution in [0.5, 0.6) is 0 Å². The molecule has 0 amide bonds. The second kappa shape index (κ2) is 4.57. The summed E-state index contributed by atoms with van der Waals surface area (Å²) >= 11 is 0. The molecule has 0 spiro atoms. The normalized spacial score (nSPS) is 12.1. The Morgan fingerprint density at radius 1 is 1.71 bits per heavy atom. The lowest BCUT2D eigenvalue weighted by molar-refractivity contribution is -0.141. The van der Waals surface area contributed by atoms with Gasteiger partial charge in [-0.2, -0.15) is 0 Å². The fourth-order valence-corrected chi connectivity index (χ4v) is 1.08. The van der Waals surface area contributed by atoms with E-state index in [4.69, 9.17) is 11.5 Å². The van der Waals surface area contributed by atoms with E-state index in [1.807, 2.05) is 0 Å². The van der Waals surface area contributed by atoms with Crippen LogP contribution in [0.3, 0.4) is 0 Å². The number of rotatable bonds is 3. The molecule has 1 rings (SSSR count). The van der Waals surface area contributed by atoms with Crippen molar-refractivity contribution in [2.75, 3.05) is 12.8 Å². The highest BCUT2D eigenvalue weighted by molar-refractivity contribution is 5.70. The SMILES string of the molecule is COC(=O)C[C@@H](N)c1ccnc(N)c1. The maximum atomic E-state index is 10.9. The summed E-state index contributed by atoms with van der Waals surface area (Å²) in [4.78, 5) is 14.8. The van der Waals surface area contributed by atoms with Crippen LogP contribution in [0.15, 0.2) is 18.3 Å². The first-order valence-electron chi connectivity index (χ1n) is 4.17. The highest BCUT2D eigenvalue weighted by Crippen LogP contribution is 2.15. The summed E-state index contributed by atoms with van der Waals surface area (Å²) in [5.74, 6) is 0.0516. The molecule has 0 aliphatic carbocycles. The summed E-state index contributed by atoms with van der Waals surface area (Å²) in [5.41, 5.74) is 12.0. The van der Waals surface area contributed by atoms with Gasteiger partial charge in [0.05, 0.1) is 13.5 Å². The number of aromatic nitrogens is 1. The highest BCUT2D eigenvalue weighted by Gasteiger charge is 2.11. The minimum absolute atomic E-state index is 0.139. The van der Waals surface area contributed by atoms with Crippen molar-refractivity contribution in [1.29, 1.82) is 0 Å². The topological polar surface area (TPSA) is 91.2 Å². The van der Waals surface area contributed by atoms with Crippen molar-refractivity contribution in [3.05, 3.63) is 23.9 Å². The number of nitrogens with zero attached hydrogens (tertiary/aromatic N) is 1. The van der Waals surface area contributed by atoms with Crippen LogP contribution in [0.25, 0.3) is 0 Å². The average molecular weight is 195 g/mol. The standard InChI is InChI=1S/C9H13N3O2/c1-14-9(13)5-7(10)6-2-3-12-8(11)4-6/h2-4,7H,5,10H2,1H3,(H2,11,12)/t7-/m1/s1. The third-order valence-corrected chi connectivity index (χ3v) is 1.85. The van der Waals surface area contributed by atoms with Crippen molar-refractivity contribution in [3.8, 4) is 0 Å². The largest absolute Gasteiger partial charge is 0.469 e. The van der Waals surface area contributed by atoms with E-state index in [9.17, 15) is 4.79 Å². The van der Waals surface area contributed by atoms with E-state index >= 15 is 0 Å². The van der Waals surface area contributed by atoms with E-state index in [0.29, 0.717) is 5.82 Å². The monoisotopic (exact) mass is 195 g/mol. The molecule has 5 heteroatoms. The molecule has 4 N–H and O–H groups in total. The second-order valence-electron chi connectivity index (χ2n) is 2.90. The van der Waals surface area contributed by atoms with Crippen molar-refractivity contribution in [2.45, 2.75) is 12.5 Å². The van der Waals surface area contributed by atoms with Crippen LogP contribution in [0.4, 0.5) is 5.82 Å². The predicted molar refractivity (Wildman–Crippen MR) is 52.2 cm³/mol. The Labute approximate surface area is 82.1 Å². The van der Waals surface area contributed by atoms with Crippen molar-refractivity contribution >= 4 is 11.8 Å². The molecule has 0 unspecified atom stereocenters. The van der Waals surface area contributed by atoms with Crippen LogP contribution in [0.2, 0.25) is 0 Å². The van der Waals surface area contributed by atoms with Gasteiger partial charge in [0.2, 0.25) is 0 Å². The lowest BCUT2D eigenvalue weighted by Crippen LogP contribution is -2.16. The molecule has 1 heterocycles. The molecule has 0 aromatic carbocycles. The number of carbonyl (C=O) groups excluding carboxylic acids is 1. The van der Waals surface area contributed by atoms with E-state index in [1.165, 1.54) is 7.11 Å². The fourth-order valence-electron chi connectivity index (χ4n) is 1.08. The second-order valence-corrected chi connectivity index (χ2v) is 2.90. The number of nitrogen functional groups attached to an aromatic ring is 1. The van der Waals surface area contributed by atoms with Crippen LogP contribution < -0.4 is 11.5 Å². The summed E-state index contributed by atoms with van der Waals surface area (Å²) in [7, 11) is 1.33. The van der Waals surface area contributed by atoms with Gasteiger partial charge in [-0.1, -0.05) is 0 Å². The number of hydrogen-bond donors (Lipinski definition) is 2. The molecule has 5 nitrogen and oxygen atoms in total. The van der Waals surface area contributed by atoms with Gasteiger partial charge in [0.15, 0.2) is 0 Å². The number of nitrogens with two attached hydrogens (primary N) is 2. The van der Waals surface area contributed by atoms with Gasteiger partial charge in [-0.05, 0) is 17.7 Å². The van der Waals surface area contributed by atoms with Gasteiger partial charge < -0.3 is 16.2 Å². The van der Waals surface area contributed by atoms with E-state index < -0.39 is 6.04 Å². The van der Waals surface area contributed by atoms with E-state index in [1.54, 1.807) is 18.3 Å². The van der Waals surface area contributed by atoms with Crippen LogP contribution in [-0.2, 0) is 9.53 Å². The average Bonchev–Trinajstić information content (AvgIpc) is 2.17. The number of esters is 1. The molecule has 1 aromatic rings. The Balaban J connectivity index is 2.69. The smallest absolute Gasteiger partial charge is 0.307 e. The van der Waals surface area contributed by atoms with E-state index in [2.05, 4.69) is 9.72 Å². The van der Waals surface area contributed by atoms with Crippen molar-refractivity contribution < 1.29 is 9.53 Å². The lowest BCUT2D eigenvalue weighted by atomic mass is 10.1. The maximum Gasteiger partial charge on any atom is 0.307 e. The third kappa shape index (κ3) is 2.70. The first-order valence-corrected chi connectivity index (χ1v) is 4.17. The molecule has 1 aromatic heterocycles. The minimum atomic E-state index is -0.396. The first kappa shape index (κ1) is 10.5. The van der Waals surface area contributed by atoms with Crippen LogP contribution in [0, 0.1) is 0 Å². The zero-order chi connectivity index (χ0) is 10.6. The van der Waals surface area contributed by atoms with Gasteiger partial charge in [0.25, 0.3) is 0 Å². The Hall–Kier alpha value is -1.62. The quantitative estimate of drug-likeness (QED) is 0.673. The van der Waals surface area contributed by atoms with Gasteiger partial charge in [-0.3, -0.25) is 4.79 Å². The van der Waals surface area contributed by atoms with Gasteiger partial charge in [-0.15, -0.1) is 0 Å². The summed E-state index contributed by atoms with van der Waals surface area (Å²) in [6.45, 7) is 0. The van der Waals surface area contributed by atoms with Gasteiger partial charge in [0.1, 0.15) is 5.82 Å². The molecule has 0 aliphatic heterocycles. The molecule has 0 aliphatic rings. The Morgan fingerprint density at radius 3 is 3.00 bits per heavy atom. The minimum Gasteiger partial charge on any atom is -0.469 e. The highest BCUT2D eigenvalue weighted by atomic mass is 16.5. The van der Waals surface area contributed by atoms with Crippen LogP contribution in [0.1, 0.15) is 18.0 Å². The number of anilines is 1. The number of hydrogen-bond acceptors (Lipinski definition) is 5. The predicted octanol–water partition coefficient (Wildman–Crippen LogP) is 0.227. The summed E-state index contributed by atoms with van der Waals surface area (Å²) in [6.07, 6.45) is 1.70. The van der Waals surface area contributed by atoms with Gasteiger partial charge >= 0.3 is 5.97 Å². The van der Waals surface area contributed by atoms with Gasteiger partial charge in [-0.25, -0.2) is 4.98 Å². The van der Waals surface area contributed by atoms with E-state index in [-0.39, 0.29) is 12.4 Å². The Bertz CT molecular complexity index is 328. The van der Waals surface area contributed by atoms with Crippen LogP contribution >= 0.6 is 0 Å². The number of ether oxygens (including phenoxy) is 1. The molecule has 1 atom stereocenters. The number of pyridine rings is 1. The fraction of sp³-hybridized carbons (Fsp3) is 0.333. The first-order chi connectivity index (χ1) is 6.63. The van der Waals surface area contributed by atoms with Crippen molar-refractivity contribution in [3.63, 3.8) is 0 Å². The van der Waals surface area contributed by atoms with Crippen molar-refractivity contribution in [1.82, 2.24) is 4.98 Å². The molecular formula is C9H13N3O2. The Morgan fingerprint density at radius 2 is 2.43 bits per heavy atom. The molecule has 0 bridgehead atoms.